The molecule has 0 saturated carbocycles. The zero-order valence-electron chi connectivity index (χ0n) is 12.6. The van der Waals surface area contributed by atoms with Crippen LogP contribution in [0.4, 0.5) is 5.95 Å². The number of aromatic nitrogens is 4. The minimum absolute atomic E-state index is 0.00969. The van der Waals surface area contributed by atoms with E-state index in [-0.39, 0.29) is 18.0 Å². The molecule has 1 saturated heterocycles. The highest BCUT2D eigenvalue weighted by atomic mass is 16.2. The van der Waals surface area contributed by atoms with Crippen molar-refractivity contribution >= 4 is 11.9 Å². The molecule has 0 radical (unpaired) electrons. The van der Waals surface area contributed by atoms with Gasteiger partial charge in [0.25, 0.3) is 0 Å². The van der Waals surface area contributed by atoms with Gasteiger partial charge >= 0.3 is 0 Å². The van der Waals surface area contributed by atoms with Crippen LogP contribution in [0.1, 0.15) is 25.8 Å². The quantitative estimate of drug-likeness (QED) is 0.912. The van der Waals surface area contributed by atoms with Gasteiger partial charge in [-0.1, -0.05) is 0 Å². The van der Waals surface area contributed by atoms with Gasteiger partial charge in [-0.05, 0) is 31.9 Å². The summed E-state index contributed by atoms with van der Waals surface area (Å²) in [7, 11) is 0. The number of amides is 1. The first-order valence-electron chi connectivity index (χ1n) is 7.55. The molecule has 3 rings (SSSR count). The van der Waals surface area contributed by atoms with Gasteiger partial charge in [-0.3, -0.25) is 9.48 Å². The van der Waals surface area contributed by atoms with Crippen LogP contribution in [0, 0.1) is 0 Å². The van der Waals surface area contributed by atoms with E-state index in [9.17, 15) is 4.79 Å². The molecule has 1 aliphatic rings. The van der Waals surface area contributed by atoms with Crippen LogP contribution in [-0.2, 0) is 4.79 Å². The van der Waals surface area contributed by atoms with E-state index in [0.717, 1.165) is 31.9 Å². The second kappa shape index (κ2) is 6.55. The van der Waals surface area contributed by atoms with Gasteiger partial charge in [0.05, 0.1) is 0 Å². The van der Waals surface area contributed by atoms with Crippen LogP contribution in [0.15, 0.2) is 36.9 Å². The lowest BCUT2D eigenvalue weighted by Crippen LogP contribution is -2.49. The van der Waals surface area contributed by atoms with E-state index in [4.69, 9.17) is 0 Å². The highest BCUT2D eigenvalue weighted by Crippen LogP contribution is 2.16. The number of rotatable bonds is 4. The Morgan fingerprint density at radius 1 is 1.32 bits per heavy atom. The minimum atomic E-state index is -0.307. The van der Waals surface area contributed by atoms with Crippen LogP contribution < -0.4 is 10.2 Å². The van der Waals surface area contributed by atoms with Gasteiger partial charge in [0.2, 0.25) is 11.9 Å². The first-order chi connectivity index (χ1) is 10.7. The topological polar surface area (TPSA) is 75.9 Å². The normalized spacial score (nSPS) is 19.7. The number of carbonyl (C=O) groups excluding carboxylic acids is 1. The third-order valence-corrected chi connectivity index (χ3v) is 3.90. The lowest BCUT2D eigenvalue weighted by molar-refractivity contribution is -0.124. The van der Waals surface area contributed by atoms with E-state index in [2.05, 4.69) is 25.3 Å². The van der Waals surface area contributed by atoms with Gasteiger partial charge in [-0.25, -0.2) is 9.97 Å². The lowest BCUT2D eigenvalue weighted by Gasteiger charge is -2.33. The summed E-state index contributed by atoms with van der Waals surface area (Å²) < 4.78 is 1.66. The standard InChI is InChI=1S/C15H20N6O/c1-12(21-10-4-8-18-21)14(22)19-13-5-2-9-20(11-13)15-16-6-3-7-17-15/h3-4,6-8,10,12-13H,2,5,9,11H2,1H3,(H,19,22)/t12-,13-/m1/s1. The molecule has 1 fully saturated rings. The Morgan fingerprint density at radius 3 is 2.86 bits per heavy atom. The van der Waals surface area contributed by atoms with Crippen molar-refractivity contribution in [3.8, 4) is 0 Å². The van der Waals surface area contributed by atoms with Crippen molar-refractivity contribution < 1.29 is 4.79 Å². The molecule has 0 spiro atoms. The van der Waals surface area contributed by atoms with Crippen molar-refractivity contribution in [1.82, 2.24) is 25.1 Å². The molecule has 0 bridgehead atoms. The van der Waals surface area contributed by atoms with Crippen LogP contribution in [0.25, 0.3) is 0 Å². The average molecular weight is 300 g/mol. The molecule has 1 aliphatic heterocycles. The highest BCUT2D eigenvalue weighted by molar-refractivity contribution is 5.80. The van der Waals surface area contributed by atoms with E-state index >= 15 is 0 Å². The molecule has 22 heavy (non-hydrogen) atoms. The van der Waals surface area contributed by atoms with Crippen molar-refractivity contribution in [2.24, 2.45) is 0 Å². The maximum absolute atomic E-state index is 12.3. The Hall–Kier alpha value is -2.44. The average Bonchev–Trinajstić information content (AvgIpc) is 3.09. The summed E-state index contributed by atoms with van der Waals surface area (Å²) >= 11 is 0. The van der Waals surface area contributed by atoms with Gasteiger partial charge in [0.15, 0.2) is 0 Å². The molecule has 3 heterocycles. The number of carbonyl (C=O) groups is 1. The molecule has 1 amide bonds. The predicted molar refractivity (Wildman–Crippen MR) is 82.3 cm³/mol. The fourth-order valence-electron chi connectivity index (χ4n) is 2.68. The molecule has 2 atom stereocenters. The molecule has 7 nitrogen and oxygen atoms in total. The van der Waals surface area contributed by atoms with Crippen LogP contribution >= 0.6 is 0 Å². The van der Waals surface area contributed by atoms with Crippen molar-refractivity contribution in [2.45, 2.75) is 31.8 Å². The molecule has 2 aromatic heterocycles. The SMILES string of the molecule is C[C@H](C(=O)N[C@@H]1CCCN(c2ncccn2)C1)n1cccn1. The van der Waals surface area contributed by atoms with Gasteiger partial charge in [-0.2, -0.15) is 5.10 Å². The second-order valence-corrected chi connectivity index (χ2v) is 5.50. The Balaban J connectivity index is 1.59. The minimum Gasteiger partial charge on any atom is -0.350 e. The van der Waals surface area contributed by atoms with E-state index in [0.29, 0.717) is 0 Å². The van der Waals surface area contributed by atoms with Crippen LogP contribution in [0.3, 0.4) is 0 Å². The number of piperidine rings is 1. The molecular formula is C15H20N6O. The summed E-state index contributed by atoms with van der Waals surface area (Å²) in [6, 6.07) is 3.43. The molecule has 116 valence electrons. The summed E-state index contributed by atoms with van der Waals surface area (Å²) in [5, 5.41) is 7.23. The summed E-state index contributed by atoms with van der Waals surface area (Å²) in [6.07, 6.45) is 8.95. The first kappa shape index (κ1) is 14.5. The van der Waals surface area contributed by atoms with Crippen molar-refractivity contribution in [3.05, 3.63) is 36.9 Å². The number of hydrogen-bond donors (Lipinski definition) is 1. The summed E-state index contributed by atoms with van der Waals surface area (Å²) in [6.45, 7) is 3.51. The van der Waals surface area contributed by atoms with E-state index in [1.165, 1.54) is 0 Å². The number of nitrogens with one attached hydrogen (secondary N) is 1. The number of anilines is 1. The largest absolute Gasteiger partial charge is 0.350 e. The van der Waals surface area contributed by atoms with Gasteiger partial charge in [0.1, 0.15) is 6.04 Å². The fraction of sp³-hybridized carbons (Fsp3) is 0.467. The van der Waals surface area contributed by atoms with Gasteiger partial charge < -0.3 is 10.2 Å². The third kappa shape index (κ3) is 3.24. The molecule has 0 unspecified atom stereocenters. The third-order valence-electron chi connectivity index (χ3n) is 3.90. The Kier molecular flexibility index (Phi) is 4.32. The maximum atomic E-state index is 12.3. The second-order valence-electron chi connectivity index (χ2n) is 5.50. The van der Waals surface area contributed by atoms with E-state index in [1.807, 2.05) is 13.0 Å². The zero-order valence-corrected chi connectivity index (χ0v) is 12.6. The molecule has 0 aromatic carbocycles. The monoisotopic (exact) mass is 300 g/mol. The van der Waals surface area contributed by atoms with Crippen LogP contribution in [-0.4, -0.2) is 44.8 Å². The fourth-order valence-corrected chi connectivity index (χ4v) is 2.68. The summed E-state index contributed by atoms with van der Waals surface area (Å²) in [5.41, 5.74) is 0. The van der Waals surface area contributed by atoms with E-state index < -0.39 is 0 Å². The smallest absolute Gasteiger partial charge is 0.244 e. The van der Waals surface area contributed by atoms with Crippen LogP contribution in [0.2, 0.25) is 0 Å². The molecule has 2 aromatic rings. The van der Waals surface area contributed by atoms with Crippen LogP contribution in [0.5, 0.6) is 0 Å². The maximum Gasteiger partial charge on any atom is 0.244 e. The Labute approximate surface area is 129 Å². The van der Waals surface area contributed by atoms with Gasteiger partial charge in [-0.15, -0.1) is 0 Å². The lowest BCUT2D eigenvalue weighted by atomic mass is 10.1. The molecular weight excluding hydrogens is 280 g/mol. The summed E-state index contributed by atoms with van der Waals surface area (Å²) in [4.78, 5) is 23.0. The zero-order chi connectivity index (χ0) is 15.4. The van der Waals surface area contributed by atoms with Crippen molar-refractivity contribution in [3.63, 3.8) is 0 Å². The number of nitrogens with zero attached hydrogens (tertiary/aromatic N) is 5. The molecule has 1 N–H and O–H groups in total. The number of hydrogen-bond acceptors (Lipinski definition) is 5. The predicted octanol–water partition coefficient (Wildman–Crippen LogP) is 1.02. The van der Waals surface area contributed by atoms with Crippen molar-refractivity contribution in [1.29, 1.82) is 0 Å². The first-order valence-corrected chi connectivity index (χ1v) is 7.55. The highest BCUT2D eigenvalue weighted by Gasteiger charge is 2.25. The summed E-state index contributed by atoms with van der Waals surface area (Å²) in [5.74, 6) is 0.714. The molecule has 7 heteroatoms. The van der Waals surface area contributed by atoms with E-state index in [1.54, 1.807) is 35.5 Å². The van der Waals surface area contributed by atoms with Crippen molar-refractivity contribution in [2.75, 3.05) is 18.0 Å². The van der Waals surface area contributed by atoms with Gasteiger partial charge in [0, 0.05) is 43.9 Å². The Bertz CT molecular complexity index is 600. The molecule has 0 aliphatic carbocycles. The Morgan fingerprint density at radius 2 is 2.14 bits per heavy atom.